The van der Waals surface area contributed by atoms with E-state index in [1.165, 1.54) is 10.9 Å². The first-order chi connectivity index (χ1) is 7.31. The van der Waals surface area contributed by atoms with Crippen LogP contribution in [0, 0.1) is 0 Å². The van der Waals surface area contributed by atoms with E-state index >= 15 is 0 Å². The number of aromatic nitrogens is 2. The second kappa shape index (κ2) is 4.42. The quantitative estimate of drug-likeness (QED) is 0.779. The summed E-state index contributed by atoms with van der Waals surface area (Å²) in [7, 11) is 2.07. The number of nitrogens with one attached hydrogen (secondary N) is 1. The lowest BCUT2D eigenvalue weighted by Crippen LogP contribution is -2.24. The number of fused-ring (bicyclic) bond motifs is 1. The van der Waals surface area contributed by atoms with Gasteiger partial charge in [-0.25, -0.2) is 4.98 Å². The first kappa shape index (κ1) is 10.1. The van der Waals surface area contributed by atoms with Crippen molar-refractivity contribution >= 4 is 11.0 Å². The molecule has 0 amide bonds. The van der Waals surface area contributed by atoms with Crippen molar-refractivity contribution in [1.82, 2.24) is 14.9 Å². The average molecular weight is 204 g/mol. The molecule has 0 bridgehead atoms. The smallest absolute Gasteiger partial charge is 0.137 e. The highest BCUT2D eigenvalue weighted by Crippen LogP contribution is 2.16. The zero-order valence-corrected chi connectivity index (χ0v) is 8.90. The molecule has 0 aliphatic rings. The Morgan fingerprint density at radius 2 is 2.40 bits per heavy atom. The van der Waals surface area contributed by atoms with Crippen molar-refractivity contribution in [2.24, 2.45) is 5.73 Å². The lowest BCUT2D eigenvalue weighted by Gasteiger charge is -2.14. The fourth-order valence-corrected chi connectivity index (χ4v) is 1.73. The van der Waals surface area contributed by atoms with Gasteiger partial charge in [-0.2, -0.15) is 0 Å². The average Bonchev–Trinajstić information content (AvgIpc) is 2.62. The third kappa shape index (κ3) is 2.16. The van der Waals surface area contributed by atoms with Crippen molar-refractivity contribution in [3.63, 3.8) is 0 Å². The standard InChI is InChI=1S/C11H16N4/c1-15(6-4-12)8-9-7-14-11-10(9)3-2-5-13-11/h2-3,5,7H,4,6,8,12H2,1H3,(H,13,14). The van der Waals surface area contributed by atoms with Crippen LogP contribution in [0.5, 0.6) is 0 Å². The van der Waals surface area contributed by atoms with Crippen LogP contribution in [0.3, 0.4) is 0 Å². The molecule has 0 spiro atoms. The Hall–Kier alpha value is -1.39. The fourth-order valence-electron chi connectivity index (χ4n) is 1.73. The molecule has 0 atom stereocenters. The molecule has 2 aromatic heterocycles. The van der Waals surface area contributed by atoms with Crippen LogP contribution in [0.25, 0.3) is 11.0 Å². The van der Waals surface area contributed by atoms with Gasteiger partial charge in [-0.15, -0.1) is 0 Å². The van der Waals surface area contributed by atoms with E-state index in [0.717, 1.165) is 18.7 Å². The van der Waals surface area contributed by atoms with Gasteiger partial charge in [0.15, 0.2) is 0 Å². The Bertz CT molecular complexity index is 435. The second-order valence-corrected chi connectivity index (χ2v) is 3.74. The largest absolute Gasteiger partial charge is 0.346 e. The maximum Gasteiger partial charge on any atom is 0.137 e. The summed E-state index contributed by atoms with van der Waals surface area (Å²) in [6.45, 7) is 2.51. The van der Waals surface area contributed by atoms with Crippen LogP contribution < -0.4 is 5.73 Å². The summed E-state index contributed by atoms with van der Waals surface area (Å²) in [4.78, 5) is 9.63. The molecule has 4 nitrogen and oxygen atoms in total. The minimum atomic E-state index is 0.692. The molecule has 0 fully saturated rings. The van der Waals surface area contributed by atoms with Gasteiger partial charge in [-0.05, 0) is 24.7 Å². The molecule has 0 unspecified atom stereocenters. The normalized spacial score (nSPS) is 11.4. The molecule has 0 aromatic carbocycles. The summed E-state index contributed by atoms with van der Waals surface area (Å²) in [5.41, 5.74) is 7.73. The molecule has 80 valence electrons. The molecule has 0 radical (unpaired) electrons. The van der Waals surface area contributed by atoms with Gasteiger partial charge in [0, 0.05) is 37.4 Å². The number of hydrogen-bond donors (Lipinski definition) is 2. The zero-order chi connectivity index (χ0) is 10.7. The van der Waals surface area contributed by atoms with E-state index in [2.05, 4.69) is 28.0 Å². The van der Waals surface area contributed by atoms with Crippen molar-refractivity contribution in [2.45, 2.75) is 6.54 Å². The predicted octanol–water partition coefficient (Wildman–Crippen LogP) is 0.953. The molecule has 0 aliphatic heterocycles. The summed E-state index contributed by atoms with van der Waals surface area (Å²) in [5, 5.41) is 1.20. The number of nitrogens with two attached hydrogens (primary N) is 1. The molecular formula is C11H16N4. The van der Waals surface area contributed by atoms with E-state index < -0.39 is 0 Å². The van der Waals surface area contributed by atoms with E-state index in [1.54, 1.807) is 6.20 Å². The van der Waals surface area contributed by atoms with Crippen molar-refractivity contribution in [3.8, 4) is 0 Å². The van der Waals surface area contributed by atoms with Gasteiger partial charge in [0.2, 0.25) is 0 Å². The molecule has 3 N–H and O–H groups in total. The van der Waals surface area contributed by atoms with E-state index in [4.69, 9.17) is 5.73 Å². The first-order valence-corrected chi connectivity index (χ1v) is 5.11. The molecule has 0 saturated carbocycles. The molecule has 15 heavy (non-hydrogen) atoms. The minimum Gasteiger partial charge on any atom is -0.346 e. The molecule has 2 rings (SSSR count). The highest BCUT2D eigenvalue weighted by Gasteiger charge is 2.05. The number of aromatic amines is 1. The predicted molar refractivity (Wildman–Crippen MR) is 61.5 cm³/mol. The van der Waals surface area contributed by atoms with Crippen LogP contribution in [0.4, 0.5) is 0 Å². The lowest BCUT2D eigenvalue weighted by molar-refractivity contribution is 0.337. The number of rotatable bonds is 4. The number of nitrogens with zero attached hydrogens (tertiary/aromatic N) is 2. The third-order valence-corrected chi connectivity index (χ3v) is 2.49. The topological polar surface area (TPSA) is 57.9 Å². The van der Waals surface area contributed by atoms with E-state index in [-0.39, 0.29) is 0 Å². The molecule has 0 saturated heterocycles. The van der Waals surface area contributed by atoms with Crippen molar-refractivity contribution in [3.05, 3.63) is 30.1 Å². The minimum absolute atomic E-state index is 0.692. The van der Waals surface area contributed by atoms with Crippen molar-refractivity contribution < 1.29 is 0 Å². The van der Waals surface area contributed by atoms with E-state index in [0.29, 0.717) is 6.54 Å². The Labute approximate surface area is 89.1 Å². The van der Waals surface area contributed by atoms with Gasteiger partial charge >= 0.3 is 0 Å². The van der Waals surface area contributed by atoms with Gasteiger partial charge in [0.05, 0.1) is 0 Å². The summed E-state index contributed by atoms with van der Waals surface area (Å²) in [6, 6.07) is 4.05. The van der Waals surface area contributed by atoms with Gasteiger partial charge in [0.25, 0.3) is 0 Å². The maximum absolute atomic E-state index is 5.51. The van der Waals surface area contributed by atoms with Crippen molar-refractivity contribution in [1.29, 1.82) is 0 Å². The summed E-state index contributed by atoms with van der Waals surface area (Å²) < 4.78 is 0. The highest BCUT2D eigenvalue weighted by atomic mass is 15.1. The van der Waals surface area contributed by atoms with Crippen LogP contribution in [0.15, 0.2) is 24.5 Å². The highest BCUT2D eigenvalue weighted by molar-refractivity contribution is 5.79. The number of pyridine rings is 1. The molecule has 2 heterocycles. The third-order valence-electron chi connectivity index (χ3n) is 2.49. The molecule has 0 aliphatic carbocycles. The van der Waals surface area contributed by atoms with Crippen LogP contribution in [-0.2, 0) is 6.54 Å². The molecule has 4 heteroatoms. The zero-order valence-electron chi connectivity index (χ0n) is 8.90. The van der Waals surface area contributed by atoms with Gasteiger partial charge in [-0.3, -0.25) is 0 Å². The summed E-state index contributed by atoms with van der Waals surface area (Å²) in [6.07, 6.45) is 3.82. The van der Waals surface area contributed by atoms with Crippen LogP contribution in [0.2, 0.25) is 0 Å². The Kier molecular flexibility index (Phi) is 2.99. The number of likely N-dealkylation sites (N-methyl/N-ethyl adjacent to an activating group) is 1. The van der Waals surface area contributed by atoms with Crippen LogP contribution >= 0.6 is 0 Å². The van der Waals surface area contributed by atoms with E-state index in [9.17, 15) is 0 Å². The molecule has 2 aromatic rings. The SMILES string of the molecule is CN(CCN)Cc1c[nH]c2ncccc12. The number of hydrogen-bond acceptors (Lipinski definition) is 3. The molecular weight excluding hydrogens is 188 g/mol. The first-order valence-electron chi connectivity index (χ1n) is 5.11. The fraction of sp³-hybridized carbons (Fsp3) is 0.364. The Morgan fingerprint density at radius 3 is 3.20 bits per heavy atom. The number of H-pyrrole nitrogens is 1. The second-order valence-electron chi connectivity index (χ2n) is 3.74. The summed E-state index contributed by atoms with van der Waals surface area (Å²) in [5.74, 6) is 0. The van der Waals surface area contributed by atoms with Crippen LogP contribution in [0.1, 0.15) is 5.56 Å². The summed E-state index contributed by atoms with van der Waals surface area (Å²) >= 11 is 0. The van der Waals surface area contributed by atoms with Crippen molar-refractivity contribution in [2.75, 3.05) is 20.1 Å². The Morgan fingerprint density at radius 1 is 1.53 bits per heavy atom. The maximum atomic E-state index is 5.51. The lowest BCUT2D eigenvalue weighted by atomic mass is 10.2. The monoisotopic (exact) mass is 204 g/mol. The van der Waals surface area contributed by atoms with Gasteiger partial charge in [-0.1, -0.05) is 0 Å². The van der Waals surface area contributed by atoms with E-state index in [1.807, 2.05) is 12.3 Å². The van der Waals surface area contributed by atoms with Gasteiger partial charge in [0.1, 0.15) is 5.65 Å². The van der Waals surface area contributed by atoms with Crippen LogP contribution in [-0.4, -0.2) is 35.0 Å². The van der Waals surface area contributed by atoms with Gasteiger partial charge < -0.3 is 15.6 Å². The Balaban J connectivity index is 2.21.